The summed E-state index contributed by atoms with van der Waals surface area (Å²) in [7, 11) is 0. The number of nitrogens with one attached hydrogen (secondary N) is 1. The Morgan fingerprint density at radius 2 is 1.73 bits per heavy atom. The molecule has 1 N–H and O–H groups in total. The van der Waals surface area contributed by atoms with Gasteiger partial charge < -0.3 is 10.2 Å². The van der Waals surface area contributed by atoms with Crippen LogP contribution in [0, 0.1) is 10.1 Å². The van der Waals surface area contributed by atoms with Gasteiger partial charge >= 0.3 is 0 Å². The number of hydrogen-bond acceptors (Lipinski definition) is 5. The molecule has 0 aromatic heterocycles. The van der Waals surface area contributed by atoms with Gasteiger partial charge in [-0.2, -0.15) is 0 Å². The Bertz CT molecular complexity index is 888. The Kier molecular flexibility index (Phi) is 7.70. The van der Waals surface area contributed by atoms with Crippen molar-refractivity contribution in [2.45, 2.75) is 20.0 Å². The van der Waals surface area contributed by atoms with Gasteiger partial charge in [-0.3, -0.25) is 19.8 Å². The molecule has 30 heavy (non-hydrogen) atoms. The van der Waals surface area contributed by atoms with Crippen LogP contribution in [0.5, 0.6) is 0 Å². The summed E-state index contributed by atoms with van der Waals surface area (Å²) >= 11 is 0. The van der Waals surface area contributed by atoms with Crippen molar-refractivity contribution in [2.75, 3.05) is 32.7 Å². The number of piperazine rings is 1. The summed E-state index contributed by atoms with van der Waals surface area (Å²) in [5, 5.41) is 13.7. The van der Waals surface area contributed by atoms with Crippen LogP contribution < -0.4 is 5.32 Å². The average molecular weight is 409 g/mol. The van der Waals surface area contributed by atoms with Gasteiger partial charge in [0.2, 0.25) is 5.91 Å². The van der Waals surface area contributed by atoms with E-state index in [2.05, 4.69) is 34.2 Å². The van der Waals surface area contributed by atoms with E-state index < -0.39 is 4.92 Å². The number of carbonyl (C=O) groups is 1. The lowest BCUT2D eigenvalue weighted by atomic mass is 10.1. The minimum absolute atomic E-state index is 0.00453. The molecule has 2 aromatic rings. The first kappa shape index (κ1) is 21.7. The fourth-order valence-corrected chi connectivity index (χ4v) is 3.45. The summed E-state index contributed by atoms with van der Waals surface area (Å²) in [5.74, 6) is -0.237. The lowest BCUT2D eigenvalue weighted by Gasteiger charge is -2.34. The van der Waals surface area contributed by atoms with Crippen molar-refractivity contribution in [1.29, 1.82) is 0 Å². The van der Waals surface area contributed by atoms with E-state index in [4.69, 9.17) is 0 Å². The largest absolute Gasteiger partial charge is 0.348 e. The number of amides is 1. The molecule has 2 aromatic carbocycles. The van der Waals surface area contributed by atoms with Crippen LogP contribution in [0.4, 0.5) is 5.69 Å². The molecule has 1 heterocycles. The molecule has 1 fully saturated rings. The van der Waals surface area contributed by atoms with Crippen molar-refractivity contribution in [3.05, 3.63) is 81.4 Å². The van der Waals surface area contributed by atoms with Crippen LogP contribution in [0.25, 0.3) is 6.08 Å². The van der Waals surface area contributed by atoms with Gasteiger partial charge in [0.25, 0.3) is 5.69 Å². The second kappa shape index (κ2) is 10.7. The van der Waals surface area contributed by atoms with Gasteiger partial charge in [-0.25, -0.2) is 0 Å². The Morgan fingerprint density at radius 1 is 1.07 bits per heavy atom. The molecule has 0 saturated carbocycles. The third-order valence-corrected chi connectivity index (χ3v) is 5.32. The maximum Gasteiger partial charge on any atom is 0.270 e. The number of likely N-dealkylation sites (N-methyl/N-ethyl adjacent to an activating group) is 1. The molecule has 0 aliphatic carbocycles. The predicted molar refractivity (Wildman–Crippen MR) is 118 cm³/mol. The topological polar surface area (TPSA) is 78.7 Å². The number of nitro benzene ring substituents is 1. The average Bonchev–Trinajstić information content (AvgIpc) is 2.78. The van der Waals surface area contributed by atoms with E-state index in [1.54, 1.807) is 18.2 Å². The highest BCUT2D eigenvalue weighted by Gasteiger charge is 2.15. The van der Waals surface area contributed by atoms with Crippen LogP contribution in [0.2, 0.25) is 0 Å². The normalized spacial score (nSPS) is 15.4. The number of benzene rings is 2. The minimum Gasteiger partial charge on any atom is -0.348 e. The van der Waals surface area contributed by atoms with E-state index in [0.29, 0.717) is 12.1 Å². The van der Waals surface area contributed by atoms with Crippen LogP contribution in [-0.2, 0) is 17.9 Å². The molecule has 7 heteroatoms. The van der Waals surface area contributed by atoms with Crippen molar-refractivity contribution in [3.8, 4) is 0 Å². The summed E-state index contributed by atoms with van der Waals surface area (Å²) < 4.78 is 0. The first-order valence-electron chi connectivity index (χ1n) is 10.3. The molecule has 1 aliphatic rings. The maximum absolute atomic E-state index is 12.0. The van der Waals surface area contributed by atoms with Gasteiger partial charge in [0.15, 0.2) is 0 Å². The molecular formula is C23H28N4O3. The van der Waals surface area contributed by atoms with Crippen molar-refractivity contribution < 1.29 is 9.72 Å². The van der Waals surface area contributed by atoms with Crippen LogP contribution in [0.3, 0.4) is 0 Å². The molecule has 0 spiro atoms. The number of rotatable bonds is 8. The standard InChI is InChI=1S/C23H28N4O3/c1-2-25-12-14-26(15-13-25)18-21-8-6-20(7-9-21)17-24-23(28)11-10-19-4-3-5-22(16-19)27(29)30/h3-11,16H,2,12-15,17-18H2,1H3,(H,24,28). The second-order valence-corrected chi connectivity index (χ2v) is 7.43. The number of non-ortho nitro benzene ring substituents is 1. The van der Waals surface area contributed by atoms with Crippen LogP contribution >= 0.6 is 0 Å². The number of carbonyl (C=O) groups excluding carboxylic acids is 1. The van der Waals surface area contributed by atoms with Crippen molar-refractivity contribution in [2.24, 2.45) is 0 Å². The zero-order valence-electron chi connectivity index (χ0n) is 17.3. The highest BCUT2D eigenvalue weighted by Crippen LogP contribution is 2.14. The summed E-state index contributed by atoms with van der Waals surface area (Å²) in [6.07, 6.45) is 2.97. The lowest BCUT2D eigenvalue weighted by molar-refractivity contribution is -0.384. The lowest BCUT2D eigenvalue weighted by Crippen LogP contribution is -2.45. The highest BCUT2D eigenvalue weighted by molar-refractivity contribution is 5.91. The number of nitro groups is 1. The van der Waals surface area contributed by atoms with E-state index in [-0.39, 0.29) is 11.6 Å². The number of nitrogens with zero attached hydrogens (tertiary/aromatic N) is 3. The molecule has 0 bridgehead atoms. The Labute approximate surface area is 177 Å². The zero-order chi connectivity index (χ0) is 21.3. The fraction of sp³-hybridized carbons (Fsp3) is 0.348. The number of hydrogen-bond donors (Lipinski definition) is 1. The van der Waals surface area contributed by atoms with Crippen molar-refractivity contribution >= 4 is 17.7 Å². The third-order valence-electron chi connectivity index (χ3n) is 5.32. The van der Waals surface area contributed by atoms with Crippen LogP contribution in [-0.4, -0.2) is 53.4 Å². The van der Waals surface area contributed by atoms with Crippen LogP contribution in [0.1, 0.15) is 23.6 Å². The monoisotopic (exact) mass is 408 g/mol. The van der Waals surface area contributed by atoms with Crippen LogP contribution in [0.15, 0.2) is 54.6 Å². The van der Waals surface area contributed by atoms with Gasteiger partial charge in [-0.1, -0.05) is 43.3 Å². The molecule has 1 aliphatic heterocycles. The molecule has 0 radical (unpaired) electrons. The maximum atomic E-state index is 12.0. The molecule has 158 valence electrons. The molecular weight excluding hydrogens is 380 g/mol. The molecule has 0 unspecified atom stereocenters. The fourth-order valence-electron chi connectivity index (χ4n) is 3.45. The predicted octanol–water partition coefficient (Wildman–Crippen LogP) is 3.06. The van der Waals surface area contributed by atoms with E-state index in [1.165, 1.54) is 23.8 Å². The van der Waals surface area contributed by atoms with Gasteiger partial charge in [0, 0.05) is 57.5 Å². The summed E-state index contributed by atoms with van der Waals surface area (Å²) in [6, 6.07) is 14.5. The molecule has 1 saturated heterocycles. The van der Waals surface area contributed by atoms with Crippen molar-refractivity contribution in [3.63, 3.8) is 0 Å². The second-order valence-electron chi connectivity index (χ2n) is 7.43. The Morgan fingerprint density at radius 3 is 2.40 bits per heavy atom. The van der Waals surface area contributed by atoms with E-state index in [0.717, 1.165) is 44.8 Å². The summed E-state index contributed by atoms with van der Waals surface area (Å²) in [4.78, 5) is 27.3. The Balaban J connectivity index is 1.45. The quantitative estimate of drug-likeness (QED) is 0.413. The van der Waals surface area contributed by atoms with Gasteiger partial charge in [-0.05, 0) is 29.3 Å². The van der Waals surface area contributed by atoms with Gasteiger partial charge in [-0.15, -0.1) is 0 Å². The summed E-state index contributed by atoms with van der Waals surface area (Å²) in [5.41, 5.74) is 2.93. The molecule has 1 amide bonds. The van der Waals surface area contributed by atoms with E-state index in [1.807, 2.05) is 12.1 Å². The first-order valence-corrected chi connectivity index (χ1v) is 10.3. The first-order chi connectivity index (χ1) is 14.5. The van der Waals surface area contributed by atoms with E-state index in [9.17, 15) is 14.9 Å². The SMILES string of the molecule is CCN1CCN(Cc2ccc(CNC(=O)C=Cc3cccc([N+](=O)[O-])c3)cc2)CC1. The van der Waals surface area contributed by atoms with Gasteiger partial charge in [0.05, 0.1) is 4.92 Å². The molecule has 7 nitrogen and oxygen atoms in total. The zero-order valence-corrected chi connectivity index (χ0v) is 17.3. The summed E-state index contributed by atoms with van der Waals surface area (Å²) in [6.45, 7) is 9.18. The van der Waals surface area contributed by atoms with E-state index >= 15 is 0 Å². The third kappa shape index (κ3) is 6.50. The van der Waals surface area contributed by atoms with Crippen molar-refractivity contribution in [1.82, 2.24) is 15.1 Å². The smallest absolute Gasteiger partial charge is 0.270 e. The highest BCUT2D eigenvalue weighted by atomic mass is 16.6. The Hall–Kier alpha value is -3.03. The minimum atomic E-state index is -0.452. The molecule has 3 rings (SSSR count). The van der Waals surface area contributed by atoms with Gasteiger partial charge in [0.1, 0.15) is 0 Å². The molecule has 0 atom stereocenters.